The van der Waals surface area contributed by atoms with Gasteiger partial charge in [0.25, 0.3) is 10.2 Å². The molecule has 0 bridgehead atoms. The third-order valence-electron chi connectivity index (χ3n) is 4.47. The summed E-state index contributed by atoms with van der Waals surface area (Å²) in [5.74, 6) is -0.848. The highest BCUT2D eigenvalue weighted by molar-refractivity contribution is 7.87. The first-order valence-electron chi connectivity index (χ1n) is 7.40. The molecule has 1 aliphatic carbocycles. The molecule has 1 saturated heterocycles. The van der Waals surface area contributed by atoms with Crippen LogP contribution in [0.25, 0.3) is 0 Å². The van der Waals surface area contributed by atoms with E-state index in [0.29, 0.717) is 13.1 Å². The lowest BCUT2D eigenvalue weighted by atomic mass is 9.67. The van der Waals surface area contributed by atoms with Gasteiger partial charge in [0, 0.05) is 19.6 Å². The fraction of sp³-hybridized carbons (Fsp3) is 0.923. The molecule has 2 N–H and O–H groups in total. The van der Waals surface area contributed by atoms with Gasteiger partial charge < -0.3 is 5.11 Å². The fourth-order valence-corrected chi connectivity index (χ4v) is 4.44. The summed E-state index contributed by atoms with van der Waals surface area (Å²) >= 11 is 0. The Morgan fingerprint density at radius 1 is 1.10 bits per heavy atom. The standard InChI is InChI=1S/C13H24N2O4S/c16-12(17)10-13(6-5-7-13)11-14-20(18,19)15-8-3-1-2-4-9-15/h14H,1-11H2,(H,16,17). The van der Waals surface area contributed by atoms with Crippen molar-refractivity contribution in [1.29, 1.82) is 0 Å². The number of carboxylic acid groups (broad SMARTS) is 1. The van der Waals surface area contributed by atoms with Crippen molar-refractivity contribution in [3.05, 3.63) is 0 Å². The Balaban J connectivity index is 1.92. The van der Waals surface area contributed by atoms with E-state index in [1.807, 2.05) is 0 Å². The van der Waals surface area contributed by atoms with Crippen LogP contribution in [0.4, 0.5) is 0 Å². The fourth-order valence-electron chi connectivity index (χ4n) is 3.03. The van der Waals surface area contributed by atoms with Crippen molar-refractivity contribution in [2.24, 2.45) is 5.41 Å². The minimum atomic E-state index is -3.46. The van der Waals surface area contributed by atoms with Crippen molar-refractivity contribution in [2.45, 2.75) is 51.4 Å². The lowest BCUT2D eigenvalue weighted by Crippen LogP contribution is -2.48. The van der Waals surface area contributed by atoms with Crippen LogP contribution >= 0.6 is 0 Å². The number of hydrogen-bond donors (Lipinski definition) is 2. The van der Waals surface area contributed by atoms with Crippen molar-refractivity contribution in [3.8, 4) is 0 Å². The highest BCUT2D eigenvalue weighted by Crippen LogP contribution is 2.43. The molecule has 0 aromatic rings. The van der Waals surface area contributed by atoms with Gasteiger partial charge in [-0.25, -0.2) is 4.72 Å². The summed E-state index contributed by atoms with van der Waals surface area (Å²) in [6, 6.07) is 0. The Labute approximate surface area is 120 Å². The Morgan fingerprint density at radius 3 is 2.15 bits per heavy atom. The maximum absolute atomic E-state index is 12.3. The number of carbonyl (C=O) groups is 1. The van der Waals surface area contributed by atoms with E-state index in [2.05, 4.69) is 4.72 Å². The maximum atomic E-state index is 12.3. The summed E-state index contributed by atoms with van der Waals surface area (Å²) in [5.41, 5.74) is -0.370. The van der Waals surface area contributed by atoms with Crippen LogP contribution in [0.15, 0.2) is 0 Å². The van der Waals surface area contributed by atoms with E-state index in [-0.39, 0.29) is 18.4 Å². The molecule has 0 atom stereocenters. The average molecular weight is 304 g/mol. The molecule has 0 aromatic carbocycles. The molecular weight excluding hydrogens is 280 g/mol. The van der Waals surface area contributed by atoms with Gasteiger partial charge in [0.05, 0.1) is 6.42 Å². The van der Waals surface area contributed by atoms with Gasteiger partial charge in [-0.1, -0.05) is 19.3 Å². The van der Waals surface area contributed by atoms with Crippen molar-refractivity contribution in [2.75, 3.05) is 19.6 Å². The molecule has 7 heteroatoms. The van der Waals surface area contributed by atoms with Crippen LogP contribution in [0.2, 0.25) is 0 Å². The van der Waals surface area contributed by atoms with Gasteiger partial charge in [-0.2, -0.15) is 12.7 Å². The molecular formula is C13H24N2O4S. The van der Waals surface area contributed by atoms with Crippen LogP contribution in [0.1, 0.15) is 51.4 Å². The minimum Gasteiger partial charge on any atom is -0.481 e. The van der Waals surface area contributed by atoms with E-state index in [4.69, 9.17) is 5.11 Å². The van der Waals surface area contributed by atoms with Crippen LogP contribution in [0.3, 0.4) is 0 Å². The first-order chi connectivity index (χ1) is 9.44. The van der Waals surface area contributed by atoms with Crippen LogP contribution in [0, 0.1) is 5.41 Å². The van der Waals surface area contributed by atoms with E-state index < -0.39 is 16.2 Å². The molecule has 116 valence electrons. The molecule has 20 heavy (non-hydrogen) atoms. The van der Waals surface area contributed by atoms with Crippen LogP contribution in [-0.2, 0) is 15.0 Å². The number of aliphatic carboxylic acids is 1. The predicted octanol–water partition coefficient (Wildman–Crippen LogP) is 1.34. The van der Waals surface area contributed by atoms with Crippen molar-refractivity contribution in [1.82, 2.24) is 9.03 Å². The van der Waals surface area contributed by atoms with Crippen LogP contribution < -0.4 is 4.72 Å². The second-order valence-corrected chi connectivity index (χ2v) is 7.82. The molecule has 6 nitrogen and oxygen atoms in total. The molecule has 0 aromatic heterocycles. The monoisotopic (exact) mass is 304 g/mol. The van der Waals surface area contributed by atoms with Gasteiger partial charge in [0.15, 0.2) is 0 Å². The van der Waals surface area contributed by atoms with Gasteiger partial charge in [0.1, 0.15) is 0 Å². The molecule has 0 spiro atoms. The summed E-state index contributed by atoms with van der Waals surface area (Å²) in [5, 5.41) is 8.94. The van der Waals surface area contributed by atoms with E-state index in [9.17, 15) is 13.2 Å². The van der Waals surface area contributed by atoms with E-state index in [1.165, 1.54) is 4.31 Å². The summed E-state index contributed by atoms with van der Waals surface area (Å²) in [6.07, 6.45) is 6.59. The van der Waals surface area contributed by atoms with Gasteiger partial charge in [-0.05, 0) is 31.1 Å². The third kappa shape index (κ3) is 3.93. The second kappa shape index (κ2) is 6.41. The molecule has 2 rings (SSSR count). The summed E-state index contributed by atoms with van der Waals surface area (Å²) < 4.78 is 28.7. The normalized spacial score (nSPS) is 23.8. The Kier molecular flexibility index (Phi) is 5.04. The predicted molar refractivity (Wildman–Crippen MR) is 75.5 cm³/mol. The molecule has 0 amide bonds. The van der Waals surface area contributed by atoms with E-state index >= 15 is 0 Å². The van der Waals surface area contributed by atoms with Crippen molar-refractivity contribution < 1.29 is 18.3 Å². The van der Waals surface area contributed by atoms with Gasteiger partial charge in [-0.15, -0.1) is 0 Å². The van der Waals surface area contributed by atoms with Gasteiger partial charge in [0.2, 0.25) is 0 Å². The Hall–Kier alpha value is -0.660. The number of hydrogen-bond acceptors (Lipinski definition) is 3. The maximum Gasteiger partial charge on any atom is 0.303 e. The van der Waals surface area contributed by atoms with Crippen molar-refractivity contribution >= 4 is 16.2 Å². The highest BCUT2D eigenvalue weighted by Gasteiger charge is 2.40. The van der Waals surface area contributed by atoms with Crippen molar-refractivity contribution in [3.63, 3.8) is 0 Å². The minimum absolute atomic E-state index is 0.0511. The summed E-state index contributed by atoms with van der Waals surface area (Å²) in [4.78, 5) is 10.9. The van der Waals surface area contributed by atoms with Crippen LogP contribution in [0.5, 0.6) is 0 Å². The molecule has 0 unspecified atom stereocenters. The smallest absolute Gasteiger partial charge is 0.303 e. The highest BCUT2D eigenvalue weighted by atomic mass is 32.2. The van der Waals surface area contributed by atoms with Gasteiger partial charge >= 0.3 is 5.97 Å². The molecule has 1 saturated carbocycles. The number of carboxylic acids is 1. The SMILES string of the molecule is O=C(O)CC1(CNS(=O)(=O)N2CCCCCC2)CCC1. The Morgan fingerprint density at radius 2 is 1.70 bits per heavy atom. The number of nitrogens with zero attached hydrogens (tertiary/aromatic N) is 1. The first kappa shape index (κ1) is 15.7. The molecule has 2 aliphatic rings. The summed E-state index contributed by atoms with van der Waals surface area (Å²) in [7, 11) is -3.46. The first-order valence-corrected chi connectivity index (χ1v) is 8.84. The van der Waals surface area contributed by atoms with Crippen LogP contribution in [-0.4, -0.2) is 43.4 Å². The second-order valence-electron chi connectivity index (χ2n) is 6.06. The average Bonchev–Trinajstić information content (AvgIpc) is 2.61. The zero-order valence-corrected chi connectivity index (χ0v) is 12.6. The van der Waals surface area contributed by atoms with E-state index in [1.54, 1.807) is 0 Å². The Bertz CT molecular complexity index is 437. The van der Waals surface area contributed by atoms with E-state index in [0.717, 1.165) is 44.9 Å². The van der Waals surface area contributed by atoms with Gasteiger partial charge in [-0.3, -0.25) is 4.79 Å². The molecule has 0 radical (unpaired) electrons. The largest absolute Gasteiger partial charge is 0.481 e. The topological polar surface area (TPSA) is 86.7 Å². The lowest BCUT2D eigenvalue weighted by molar-refractivity contribution is -0.141. The summed E-state index contributed by atoms with van der Waals surface area (Å²) in [6.45, 7) is 1.39. The number of rotatable bonds is 6. The molecule has 1 heterocycles. The number of nitrogens with one attached hydrogen (secondary N) is 1. The zero-order chi connectivity index (χ0) is 14.6. The lowest BCUT2D eigenvalue weighted by Gasteiger charge is -2.41. The zero-order valence-electron chi connectivity index (χ0n) is 11.8. The molecule has 1 aliphatic heterocycles. The quantitative estimate of drug-likeness (QED) is 0.775. The molecule has 2 fully saturated rings. The third-order valence-corrected chi connectivity index (χ3v) is 6.03.